The molecule has 3 aromatic carbocycles. The number of hydrogen-bond acceptors (Lipinski definition) is 6. The van der Waals surface area contributed by atoms with Gasteiger partial charge in [0.15, 0.2) is 6.10 Å². The van der Waals surface area contributed by atoms with Gasteiger partial charge in [-0.2, -0.15) is 0 Å². The molecule has 0 saturated carbocycles. The first-order valence-electron chi connectivity index (χ1n) is 9.09. The molecule has 6 heteroatoms. The molecule has 0 bridgehead atoms. The monoisotopic (exact) mass is 394 g/mol. The van der Waals surface area contributed by atoms with Crippen LogP contribution in [0.4, 0.5) is 0 Å². The van der Waals surface area contributed by atoms with Crippen LogP contribution >= 0.6 is 0 Å². The summed E-state index contributed by atoms with van der Waals surface area (Å²) in [7, 11) is 2.87. The third-order valence-corrected chi connectivity index (χ3v) is 4.43. The van der Waals surface area contributed by atoms with Crippen LogP contribution in [0.15, 0.2) is 60.7 Å². The summed E-state index contributed by atoms with van der Waals surface area (Å²) in [5.41, 5.74) is 1.05. The van der Waals surface area contributed by atoms with Gasteiger partial charge in [0.25, 0.3) is 0 Å². The molecule has 0 heterocycles. The molecule has 0 spiro atoms. The van der Waals surface area contributed by atoms with Crippen molar-refractivity contribution >= 4 is 22.7 Å². The van der Waals surface area contributed by atoms with Crippen LogP contribution in [0.5, 0.6) is 11.5 Å². The molecule has 0 aliphatic carbocycles. The van der Waals surface area contributed by atoms with Crippen molar-refractivity contribution in [2.24, 2.45) is 0 Å². The molecule has 1 unspecified atom stereocenters. The van der Waals surface area contributed by atoms with Crippen molar-refractivity contribution in [2.75, 3.05) is 14.2 Å². The minimum absolute atomic E-state index is 0.136. The van der Waals surface area contributed by atoms with Crippen LogP contribution in [0.1, 0.15) is 22.8 Å². The molecule has 3 aromatic rings. The molecule has 1 atom stereocenters. The van der Waals surface area contributed by atoms with E-state index >= 15 is 0 Å². The number of ether oxygens (including phenoxy) is 4. The molecule has 0 radical (unpaired) electrons. The normalized spacial score (nSPS) is 11.7. The first-order valence-corrected chi connectivity index (χ1v) is 9.09. The summed E-state index contributed by atoms with van der Waals surface area (Å²) in [4.78, 5) is 24.7. The SMILES string of the molecule is COC(=O)c1cc2ccccc2cc1OC(=O)C(C)OCc1cccc(OC)c1. The number of esters is 2. The van der Waals surface area contributed by atoms with Crippen LogP contribution in [0.2, 0.25) is 0 Å². The maximum atomic E-state index is 12.5. The van der Waals surface area contributed by atoms with Gasteiger partial charge in [-0.05, 0) is 47.5 Å². The lowest BCUT2D eigenvalue weighted by Gasteiger charge is -2.15. The average molecular weight is 394 g/mol. The number of hydrogen-bond donors (Lipinski definition) is 0. The van der Waals surface area contributed by atoms with E-state index in [1.54, 1.807) is 26.2 Å². The van der Waals surface area contributed by atoms with E-state index in [1.807, 2.05) is 48.5 Å². The second-order valence-electron chi connectivity index (χ2n) is 6.41. The highest BCUT2D eigenvalue weighted by Gasteiger charge is 2.21. The molecule has 3 rings (SSSR count). The Kier molecular flexibility index (Phi) is 6.46. The van der Waals surface area contributed by atoms with Gasteiger partial charge in [0.1, 0.15) is 17.1 Å². The summed E-state index contributed by atoms with van der Waals surface area (Å²) in [6.45, 7) is 1.82. The molecule has 150 valence electrons. The number of methoxy groups -OCH3 is 2. The Morgan fingerprint density at radius 1 is 0.931 bits per heavy atom. The smallest absolute Gasteiger partial charge is 0.341 e. The van der Waals surface area contributed by atoms with Gasteiger partial charge in [0.05, 0.1) is 20.8 Å². The summed E-state index contributed by atoms with van der Waals surface area (Å²) in [6.07, 6.45) is -0.835. The molecule has 6 nitrogen and oxygen atoms in total. The Balaban J connectivity index is 1.74. The second-order valence-corrected chi connectivity index (χ2v) is 6.41. The largest absolute Gasteiger partial charge is 0.497 e. The third-order valence-electron chi connectivity index (χ3n) is 4.43. The predicted octanol–water partition coefficient (Wildman–Crippen LogP) is 4.15. The molecular formula is C23H22O6. The summed E-state index contributed by atoms with van der Waals surface area (Å²) in [6, 6.07) is 18.1. The zero-order valence-electron chi connectivity index (χ0n) is 16.5. The van der Waals surface area contributed by atoms with E-state index in [2.05, 4.69) is 0 Å². The number of rotatable bonds is 7. The molecule has 0 N–H and O–H groups in total. The molecule has 0 aliphatic rings. The van der Waals surface area contributed by atoms with Gasteiger partial charge in [-0.3, -0.25) is 0 Å². The quantitative estimate of drug-likeness (QED) is 0.443. The van der Waals surface area contributed by atoms with Crippen molar-refractivity contribution in [3.63, 3.8) is 0 Å². The maximum absolute atomic E-state index is 12.5. The van der Waals surface area contributed by atoms with Gasteiger partial charge in [0.2, 0.25) is 0 Å². The topological polar surface area (TPSA) is 71.1 Å². The van der Waals surface area contributed by atoms with Crippen LogP contribution < -0.4 is 9.47 Å². The molecule has 0 amide bonds. The Bertz CT molecular complexity index is 1030. The molecular weight excluding hydrogens is 372 g/mol. The van der Waals surface area contributed by atoms with Crippen molar-refractivity contribution in [3.8, 4) is 11.5 Å². The molecule has 0 aliphatic heterocycles. The van der Waals surface area contributed by atoms with E-state index in [1.165, 1.54) is 7.11 Å². The second kappa shape index (κ2) is 9.21. The zero-order valence-corrected chi connectivity index (χ0v) is 16.5. The van der Waals surface area contributed by atoms with Crippen LogP contribution in [0.3, 0.4) is 0 Å². The fourth-order valence-corrected chi connectivity index (χ4v) is 2.82. The Morgan fingerprint density at radius 3 is 2.34 bits per heavy atom. The van der Waals surface area contributed by atoms with Gasteiger partial charge in [0, 0.05) is 0 Å². The van der Waals surface area contributed by atoms with E-state index in [4.69, 9.17) is 18.9 Å². The van der Waals surface area contributed by atoms with Gasteiger partial charge >= 0.3 is 11.9 Å². The van der Waals surface area contributed by atoms with Crippen LogP contribution in [-0.2, 0) is 20.9 Å². The summed E-state index contributed by atoms with van der Waals surface area (Å²) in [5, 5.41) is 1.68. The fourth-order valence-electron chi connectivity index (χ4n) is 2.82. The summed E-state index contributed by atoms with van der Waals surface area (Å²) >= 11 is 0. The van der Waals surface area contributed by atoms with Crippen molar-refractivity contribution in [3.05, 3.63) is 71.8 Å². The minimum atomic E-state index is -0.835. The van der Waals surface area contributed by atoms with Crippen molar-refractivity contribution < 1.29 is 28.5 Å². The van der Waals surface area contributed by atoms with Crippen molar-refractivity contribution in [2.45, 2.75) is 19.6 Å². The highest BCUT2D eigenvalue weighted by atomic mass is 16.6. The third kappa shape index (κ3) is 4.92. The lowest BCUT2D eigenvalue weighted by atomic mass is 10.1. The molecule has 0 aromatic heterocycles. The van der Waals surface area contributed by atoms with E-state index in [0.29, 0.717) is 5.75 Å². The van der Waals surface area contributed by atoms with Crippen molar-refractivity contribution in [1.82, 2.24) is 0 Å². The Morgan fingerprint density at radius 2 is 1.66 bits per heavy atom. The highest BCUT2D eigenvalue weighted by Crippen LogP contribution is 2.27. The van der Waals surface area contributed by atoms with Gasteiger partial charge < -0.3 is 18.9 Å². The van der Waals surface area contributed by atoms with E-state index in [0.717, 1.165) is 16.3 Å². The highest BCUT2D eigenvalue weighted by molar-refractivity contribution is 5.99. The number of carbonyl (C=O) groups excluding carboxylic acids is 2. The lowest BCUT2D eigenvalue weighted by Crippen LogP contribution is -2.26. The zero-order chi connectivity index (χ0) is 20.8. The van der Waals surface area contributed by atoms with Gasteiger partial charge in [-0.1, -0.05) is 36.4 Å². The minimum Gasteiger partial charge on any atom is -0.497 e. The molecule has 0 fully saturated rings. The fraction of sp³-hybridized carbons (Fsp3) is 0.217. The Hall–Kier alpha value is -3.38. The molecule has 29 heavy (non-hydrogen) atoms. The Labute approximate surface area is 169 Å². The van der Waals surface area contributed by atoms with E-state index < -0.39 is 18.0 Å². The van der Waals surface area contributed by atoms with Crippen LogP contribution in [0.25, 0.3) is 10.8 Å². The number of carbonyl (C=O) groups is 2. The van der Waals surface area contributed by atoms with Gasteiger partial charge in [-0.15, -0.1) is 0 Å². The first kappa shape index (κ1) is 20.4. The van der Waals surface area contributed by atoms with E-state index in [9.17, 15) is 9.59 Å². The number of fused-ring (bicyclic) bond motifs is 1. The standard InChI is InChI=1S/C23H22O6/c1-15(28-14-16-7-6-10-19(11-16)26-2)22(24)29-21-13-18-9-5-4-8-17(18)12-20(21)23(25)27-3/h4-13,15H,14H2,1-3H3. The maximum Gasteiger partial charge on any atom is 0.341 e. The summed E-state index contributed by atoms with van der Waals surface area (Å²) in [5.74, 6) is -0.338. The van der Waals surface area contributed by atoms with E-state index in [-0.39, 0.29) is 17.9 Å². The van der Waals surface area contributed by atoms with Crippen molar-refractivity contribution in [1.29, 1.82) is 0 Å². The number of benzene rings is 3. The summed E-state index contributed by atoms with van der Waals surface area (Å²) < 4.78 is 21.1. The average Bonchev–Trinajstić information content (AvgIpc) is 2.76. The van der Waals surface area contributed by atoms with Crippen LogP contribution in [0, 0.1) is 0 Å². The predicted molar refractivity (Wildman–Crippen MR) is 108 cm³/mol. The lowest BCUT2D eigenvalue weighted by molar-refractivity contribution is -0.147. The molecule has 0 saturated heterocycles. The van der Waals surface area contributed by atoms with Gasteiger partial charge in [-0.25, -0.2) is 9.59 Å². The first-order chi connectivity index (χ1) is 14.0. The van der Waals surface area contributed by atoms with Crippen LogP contribution in [-0.4, -0.2) is 32.3 Å².